The van der Waals surface area contributed by atoms with E-state index in [9.17, 15) is 13.2 Å². The molecule has 0 unspecified atom stereocenters. The van der Waals surface area contributed by atoms with E-state index in [2.05, 4.69) is 26.2 Å². The lowest BCUT2D eigenvalue weighted by molar-refractivity contribution is -0.141. The molecule has 1 aliphatic rings. The summed E-state index contributed by atoms with van der Waals surface area (Å²) in [7, 11) is 0. The molecule has 0 atom stereocenters. The molecule has 2 aromatic heterocycles. The Balaban J connectivity index is 0.000000263. The molecule has 0 aromatic carbocycles. The van der Waals surface area contributed by atoms with Crippen LogP contribution in [0.25, 0.3) is 0 Å². The predicted octanol–water partition coefficient (Wildman–Crippen LogP) is 4.11. The molecule has 3 rings (SSSR count). The Morgan fingerprint density at radius 2 is 2.17 bits per heavy atom. The van der Waals surface area contributed by atoms with Crippen molar-refractivity contribution in [2.75, 3.05) is 18.5 Å². The zero-order valence-electron chi connectivity index (χ0n) is 16.3. The fourth-order valence-electron chi connectivity index (χ4n) is 2.26. The first kappa shape index (κ1) is 23.5. The molecule has 1 fully saturated rings. The third-order valence-electron chi connectivity index (χ3n) is 3.74. The lowest BCUT2D eigenvalue weighted by atomic mass is 10.0. The number of nitrogens with zero attached hydrogens (tertiary/aromatic N) is 3. The minimum atomic E-state index is -4.49. The number of allylic oxidation sites excluding steroid dienone is 3. The van der Waals surface area contributed by atoms with Crippen molar-refractivity contribution in [3.05, 3.63) is 58.5 Å². The van der Waals surface area contributed by atoms with Crippen molar-refractivity contribution < 1.29 is 17.9 Å². The molecular weight excluding hydrogens is 415 g/mol. The van der Waals surface area contributed by atoms with Crippen LogP contribution in [0.5, 0.6) is 0 Å². The van der Waals surface area contributed by atoms with E-state index >= 15 is 0 Å². The van der Waals surface area contributed by atoms with E-state index in [0.717, 1.165) is 17.3 Å². The quantitative estimate of drug-likeness (QED) is 0.523. The van der Waals surface area contributed by atoms with Gasteiger partial charge in [0.05, 0.1) is 13.2 Å². The van der Waals surface area contributed by atoms with Crippen LogP contribution >= 0.6 is 11.3 Å². The number of aromatic nitrogens is 3. The van der Waals surface area contributed by atoms with E-state index in [1.165, 1.54) is 0 Å². The summed E-state index contributed by atoms with van der Waals surface area (Å²) in [6.45, 7) is 3.13. The second kappa shape index (κ2) is 10.9. The molecule has 3 N–H and O–H groups in total. The number of hydrogen-bond acceptors (Lipinski definition) is 7. The molecule has 10 heteroatoms. The van der Waals surface area contributed by atoms with Crippen LogP contribution in [0.15, 0.2) is 47.8 Å². The zero-order valence-corrected chi connectivity index (χ0v) is 17.1. The number of ether oxygens (including phenoxy) is 1. The van der Waals surface area contributed by atoms with Crippen LogP contribution in [-0.4, -0.2) is 28.2 Å². The number of alkyl halides is 3. The number of nitrogens with one attached hydrogen (secondary N) is 1. The summed E-state index contributed by atoms with van der Waals surface area (Å²) in [6, 6.07) is 0.822. The second-order valence-electron chi connectivity index (χ2n) is 6.25. The van der Waals surface area contributed by atoms with Crippen LogP contribution in [-0.2, 0) is 16.5 Å². The average molecular weight is 437 g/mol. The average Bonchev–Trinajstić information content (AvgIpc) is 3.22. The topological polar surface area (TPSA) is 86.0 Å². The molecule has 160 valence electrons. The van der Waals surface area contributed by atoms with Crippen molar-refractivity contribution in [3.63, 3.8) is 0 Å². The summed E-state index contributed by atoms with van der Waals surface area (Å²) in [6.07, 6.45) is 9.82. The Hall–Kier alpha value is -2.74. The summed E-state index contributed by atoms with van der Waals surface area (Å²) in [5.74, 6) is 2.33. The normalized spacial score (nSPS) is 15.7. The van der Waals surface area contributed by atoms with Crippen LogP contribution in [0.4, 0.5) is 19.1 Å². The maximum absolute atomic E-state index is 12.5. The molecule has 0 aliphatic carbocycles. The Kier molecular flexibility index (Phi) is 8.53. The van der Waals surface area contributed by atoms with Crippen molar-refractivity contribution in [1.82, 2.24) is 15.0 Å². The van der Waals surface area contributed by atoms with Crippen LogP contribution in [0.3, 0.4) is 0 Å². The molecule has 1 aliphatic heterocycles. The standard InChI is InChI=1S/C14H14F3N3.C6H8N2OS/c1-3-5-6-8-11(7-4-2)19-13-18-10-9-12(20-13)14(15,16)17;7-6(3-9-4-6)5-8-1-2-10-5/h1,6-10H,4-5H2,2H3,(H,18,19,20);1-2H,3-4,7H2/b8-6-,11-7+;. The summed E-state index contributed by atoms with van der Waals surface area (Å²) in [5, 5.41) is 5.65. The molecule has 6 nitrogen and oxygen atoms in total. The van der Waals surface area contributed by atoms with E-state index in [4.69, 9.17) is 16.9 Å². The van der Waals surface area contributed by atoms with Gasteiger partial charge in [0.2, 0.25) is 5.95 Å². The molecule has 1 saturated heterocycles. The van der Waals surface area contributed by atoms with Gasteiger partial charge in [0.1, 0.15) is 16.2 Å². The summed E-state index contributed by atoms with van der Waals surface area (Å²) in [5.41, 5.74) is 5.23. The fraction of sp³-hybridized carbons (Fsp3) is 0.350. The van der Waals surface area contributed by atoms with Gasteiger partial charge >= 0.3 is 6.18 Å². The first-order valence-corrected chi connectivity index (χ1v) is 9.90. The van der Waals surface area contributed by atoms with Crippen molar-refractivity contribution in [3.8, 4) is 12.3 Å². The minimum Gasteiger partial charge on any atom is -0.377 e. The molecule has 3 heterocycles. The number of halogens is 3. The van der Waals surface area contributed by atoms with Gasteiger partial charge in [-0.15, -0.1) is 23.7 Å². The van der Waals surface area contributed by atoms with Gasteiger partial charge in [0.15, 0.2) is 0 Å². The van der Waals surface area contributed by atoms with Crippen molar-refractivity contribution in [1.29, 1.82) is 0 Å². The molecule has 0 amide bonds. The van der Waals surface area contributed by atoms with Crippen LogP contribution < -0.4 is 11.1 Å². The van der Waals surface area contributed by atoms with Crippen LogP contribution in [0, 0.1) is 12.3 Å². The maximum Gasteiger partial charge on any atom is 0.433 e. The monoisotopic (exact) mass is 437 g/mol. The highest BCUT2D eigenvalue weighted by molar-refractivity contribution is 7.09. The number of thiazole rings is 1. The molecule has 0 spiro atoms. The first-order chi connectivity index (χ1) is 14.3. The van der Waals surface area contributed by atoms with Gasteiger partial charge < -0.3 is 15.8 Å². The van der Waals surface area contributed by atoms with E-state index in [1.54, 1.807) is 35.8 Å². The molecule has 0 saturated carbocycles. The van der Waals surface area contributed by atoms with Crippen molar-refractivity contribution >= 4 is 17.3 Å². The molecular formula is C20H22F3N5OS. The Morgan fingerprint density at radius 3 is 2.70 bits per heavy atom. The third-order valence-corrected chi connectivity index (χ3v) is 4.73. The first-order valence-electron chi connectivity index (χ1n) is 9.02. The summed E-state index contributed by atoms with van der Waals surface area (Å²) < 4.78 is 42.6. The number of anilines is 1. The Labute approximate surface area is 177 Å². The molecule has 0 radical (unpaired) electrons. The predicted molar refractivity (Wildman–Crippen MR) is 110 cm³/mol. The van der Waals surface area contributed by atoms with Gasteiger partial charge in [0.25, 0.3) is 0 Å². The summed E-state index contributed by atoms with van der Waals surface area (Å²) >= 11 is 1.59. The Bertz CT molecular complexity index is 900. The largest absolute Gasteiger partial charge is 0.433 e. The van der Waals surface area contributed by atoms with Gasteiger partial charge in [-0.1, -0.05) is 19.1 Å². The van der Waals surface area contributed by atoms with E-state index in [-0.39, 0.29) is 11.5 Å². The number of nitrogens with two attached hydrogens (primary N) is 1. The highest BCUT2D eigenvalue weighted by Crippen LogP contribution is 2.28. The minimum absolute atomic E-state index is 0.107. The smallest absolute Gasteiger partial charge is 0.377 e. The SMILES string of the molecule is C#CC/C=C\C(=C/CC)Nc1nccc(C(F)(F)F)n1.NC1(c2nccs2)COC1. The van der Waals surface area contributed by atoms with Gasteiger partial charge in [-0.3, -0.25) is 0 Å². The van der Waals surface area contributed by atoms with Gasteiger partial charge in [0, 0.05) is 29.9 Å². The number of hydrogen-bond donors (Lipinski definition) is 2. The lowest BCUT2D eigenvalue weighted by Crippen LogP contribution is -2.54. The van der Waals surface area contributed by atoms with Crippen LogP contribution in [0.1, 0.15) is 30.5 Å². The molecule has 0 bridgehead atoms. The Morgan fingerprint density at radius 1 is 1.40 bits per heavy atom. The molecule has 2 aromatic rings. The van der Waals surface area contributed by atoms with Gasteiger partial charge in [-0.2, -0.15) is 13.2 Å². The van der Waals surface area contributed by atoms with Crippen LogP contribution in [0.2, 0.25) is 0 Å². The number of terminal acetylenes is 1. The van der Waals surface area contributed by atoms with Crippen molar-refractivity contribution in [2.24, 2.45) is 5.73 Å². The third kappa shape index (κ3) is 6.95. The van der Waals surface area contributed by atoms with E-state index < -0.39 is 11.9 Å². The van der Waals surface area contributed by atoms with Gasteiger partial charge in [-0.05, 0) is 18.6 Å². The second-order valence-corrected chi connectivity index (χ2v) is 7.15. The number of rotatable bonds is 6. The van der Waals surface area contributed by atoms with E-state index in [1.807, 2.05) is 12.3 Å². The van der Waals surface area contributed by atoms with Gasteiger partial charge in [-0.25, -0.2) is 15.0 Å². The highest BCUT2D eigenvalue weighted by Gasteiger charge is 2.38. The lowest BCUT2D eigenvalue weighted by Gasteiger charge is -2.35. The zero-order chi connectivity index (χ0) is 22.0. The highest BCUT2D eigenvalue weighted by atomic mass is 32.1. The fourth-order valence-corrected chi connectivity index (χ4v) is 2.98. The summed E-state index contributed by atoms with van der Waals surface area (Å²) in [4.78, 5) is 11.3. The maximum atomic E-state index is 12.5. The van der Waals surface area contributed by atoms with Crippen molar-refractivity contribution in [2.45, 2.75) is 31.5 Å². The van der Waals surface area contributed by atoms with E-state index in [0.29, 0.717) is 31.8 Å². The molecule has 30 heavy (non-hydrogen) atoms.